The number of nitrogens with zero attached hydrogens (tertiary/aromatic N) is 4. The van der Waals surface area contributed by atoms with E-state index < -0.39 is 0 Å². The average molecular weight is 273 g/mol. The molecule has 0 atom stereocenters. The molecule has 0 fully saturated rings. The average Bonchev–Trinajstić information content (AvgIpc) is 2.87. The molecule has 0 unspecified atom stereocenters. The zero-order chi connectivity index (χ0) is 14.7. The second-order valence-corrected chi connectivity index (χ2v) is 5.72. The van der Waals surface area contributed by atoms with Crippen molar-refractivity contribution in [2.24, 2.45) is 5.92 Å². The van der Waals surface area contributed by atoms with E-state index in [1.54, 1.807) is 0 Å². The van der Waals surface area contributed by atoms with Gasteiger partial charge in [-0.15, -0.1) is 0 Å². The van der Waals surface area contributed by atoms with E-state index in [2.05, 4.69) is 48.1 Å². The fraction of sp³-hybridized carbons (Fsp3) is 0.533. The lowest BCUT2D eigenvalue weighted by Gasteiger charge is -2.08. The molecular formula is C15H23N5. The van der Waals surface area contributed by atoms with Crippen molar-refractivity contribution in [1.82, 2.24) is 19.7 Å². The maximum atomic E-state index is 4.66. The van der Waals surface area contributed by atoms with Crippen LogP contribution in [0.1, 0.15) is 39.4 Å². The minimum atomic E-state index is 0.339. The standard InChI is InChI=1S/C15H23N5/c1-10(2)6-13-7-14(16-5)19-15(18-13)12-8-17-20(9-12)11(3)4/h7-11H,6H2,1-5H3,(H,16,18,19). The molecule has 0 saturated carbocycles. The quantitative estimate of drug-likeness (QED) is 0.909. The van der Waals surface area contributed by atoms with Crippen LogP contribution < -0.4 is 5.32 Å². The Labute approximate surface area is 120 Å². The molecule has 0 aliphatic heterocycles. The van der Waals surface area contributed by atoms with Gasteiger partial charge in [-0.25, -0.2) is 9.97 Å². The van der Waals surface area contributed by atoms with Gasteiger partial charge in [-0.1, -0.05) is 13.8 Å². The molecule has 0 radical (unpaired) electrons. The van der Waals surface area contributed by atoms with Crippen LogP contribution in [-0.4, -0.2) is 26.8 Å². The molecule has 0 aliphatic carbocycles. The van der Waals surface area contributed by atoms with E-state index in [9.17, 15) is 0 Å². The Hall–Kier alpha value is -1.91. The Morgan fingerprint density at radius 2 is 1.95 bits per heavy atom. The Balaban J connectivity index is 2.38. The maximum Gasteiger partial charge on any atom is 0.164 e. The van der Waals surface area contributed by atoms with Crippen molar-refractivity contribution < 1.29 is 0 Å². The van der Waals surface area contributed by atoms with E-state index in [0.717, 1.165) is 29.3 Å². The van der Waals surface area contributed by atoms with Crippen LogP contribution in [0, 0.1) is 5.92 Å². The molecule has 0 spiro atoms. The zero-order valence-corrected chi connectivity index (χ0v) is 12.9. The van der Waals surface area contributed by atoms with Crippen LogP contribution in [0.15, 0.2) is 18.5 Å². The number of hydrogen-bond acceptors (Lipinski definition) is 4. The summed E-state index contributed by atoms with van der Waals surface area (Å²) in [5.74, 6) is 2.16. The monoisotopic (exact) mass is 273 g/mol. The molecule has 0 aromatic carbocycles. The van der Waals surface area contributed by atoms with Gasteiger partial charge in [0.1, 0.15) is 5.82 Å². The van der Waals surface area contributed by atoms with E-state index in [-0.39, 0.29) is 0 Å². The molecule has 0 bridgehead atoms. The lowest BCUT2D eigenvalue weighted by Crippen LogP contribution is -2.03. The van der Waals surface area contributed by atoms with Gasteiger partial charge in [-0.05, 0) is 26.2 Å². The second kappa shape index (κ2) is 6.03. The van der Waals surface area contributed by atoms with Crippen molar-refractivity contribution in [3.05, 3.63) is 24.2 Å². The highest BCUT2D eigenvalue weighted by Gasteiger charge is 2.10. The Morgan fingerprint density at radius 3 is 2.50 bits per heavy atom. The van der Waals surface area contributed by atoms with Gasteiger partial charge in [-0.2, -0.15) is 5.10 Å². The highest BCUT2D eigenvalue weighted by molar-refractivity contribution is 5.55. The molecule has 2 heterocycles. The van der Waals surface area contributed by atoms with Gasteiger partial charge < -0.3 is 5.32 Å². The van der Waals surface area contributed by atoms with Crippen molar-refractivity contribution in [1.29, 1.82) is 0 Å². The fourth-order valence-electron chi connectivity index (χ4n) is 2.01. The van der Waals surface area contributed by atoms with E-state index >= 15 is 0 Å². The molecule has 5 heteroatoms. The molecule has 0 aliphatic rings. The molecular weight excluding hydrogens is 250 g/mol. The fourth-order valence-corrected chi connectivity index (χ4v) is 2.01. The number of aromatic nitrogens is 4. The van der Waals surface area contributed by atoms with Gasteiger partial charge in [0.25, 0.3) is 0 Å². The van der Waals surface area contributed by atoms with Crippen LogP contribution in [0.4, 0.5) is 5.82 Å². The molecule has 2 aromatic heterocycles. The molecule has 2 rings (SSSR count). The number of nitrogens with one attached hydrogen (secondary N) is 1. The third-order valence-electron chi connectivity index (χ3n) is 3.04. The summed E-state index contributed by atoms with van der Waals surface area (Å²) in [4.78, 5) is 9.19. The molecule has 5 nitrogen and oxygen atoms in total. The van der Waals surface area contributed by atoms with Gasteiger partial charge in [-0.3, -0.25) is 4.68 Å². The van der Waals surface area contributed by atoms with Crippen LogP contribution in [0.25, 0.3) is 11.4 Å². The van der Waals surface area contributed by atoms with Crippen molar-refractivity contribution >= 4 is 5.82 Å². The van der Waals surface area contributed by atoms with Crippen molar-refractivity contribution in [2.45, 2.75) is 40.2 Å². The van der Waals surface area contributed by atoms with Gasteiger partial charge >= 0.3 is 0 Å². The molecule has 2 aromatic rings. The lowest BCUT2D eigenvalue weighted by atomic mass is 10.1. The normalized spacial score (nSPS) is 11.3. The van der Waals surface area contributed by atoms with Gasteiger partial charge in [0, 0.05) is 31.0 Å². The van der Waals surface area contributed by atoms with Crippen LogP contribution >= 0.6 is 0 Å². The summed E-state index contributed by atoms with van der Waals surface area (Å²) in [6.45, 7) is 8.59. The van der Waals surface area contributed by atoms with E-state index in [1.807, 2.05) is 30.2 Å². The Kier molecular flexibility index (Phi) is 4.37. The largest absolute Gasteiger partial charge is 0.373 e. The summed E-state index contributed by atoms with van der Waals surface area (Å²) >= 11 is 0. The highest BCUT2D eigenvalue weighted by Crippen LogP contribution is 2.20. The first-order valence-electron chi connectivity index (χ1n) is 7.09. The predicted molar refractivity (Wildman–Crippen MR) is 81.7 cm³/mol. The molecule has 20 heavy (non-hydrogen) atoms. The molecule has 108 valence electrons. The topological polar surface area (TPSA) is 55.6 Å². The minimum absolute atomic E-state index is 0.339. The number of rotatable bonds is 5. The Bertz CT molecular complexity index is 571. The first-order chi connectivity index (χ1) is 9.49. The third kappa shape index (κ3) is 3.35. The number of hydrogen-bond donors (Lipinski definition) is 1. The Morgan fingerprint density at radius 1 is 1.20 bits per heavy atom. The summed E-state index contributed by atoms with van der Waals surface area (Å²) in [5.41, 5.74) is 2.02. The van der Waals surface area contributed by atoms with Crippen LogP contribution in [-0.2, 0) is 6.42 Å². The number of anilines is 1. The smallest absolute Gasteiger partial charge is 0.164 e. The first kappa shape index (κ1) is 14.5. The zero-order valence-electron chi connectivity index (χ0n) is 12.9. The van der Waals surface area contributed by atoms with Crippen molar-refractivity contribution in [2.75, 3.05) is 12.4 Å². The minimum Gasteiger partial charge on any atom is -0.373 e. The van der Waals surface area contributed by atoms with Crippen molar-refractivity contribution in [3.63, 3.8) is 0 Å². The summed E-state index contributed by atoms with van der Waals surface area (Å²) in [5, 5.41) is 7.46. The van der Waals surface area contributed by atoms with Gasteiger partial charge in [0.2, 0.25) is 0 Å². The van der Waals surface area contributed by atoms with Gasteiger partial charge in [0.05, 0.1) is 11.8 Å². The van der Waals surface area contributed by atoms with Crippen LogP contribution in [0.2, 0.25) is 0 Å². The maximum absolute atomic E-state index is 4.66. The van der Waals surface area contributed by atoms with E-state index in [1.165, 1.54) is 0 Å². The van der Waals surface area contributed by atoms with Crippen LogP contribution in [0.3, 0.4) is 0 Å². The van der Waals surface area contributed by atoms with E-state index in [4.69, 9.17) is 0 Å². The third-order valence-corrected chi connectivity index (χ3v) is 3.04. The molecule has 0 saturated heterocycles. The van der Waals surface area contributed by atoms with Gasteiger partial charge in [0.15, 0.2) is 5.82 Å². The second-order valence-electron chi connectivity index (χ2n) is 5.72. The lowest BCUT2D eigenvalue weighted by molar-refractivity contribution is 0.532. The highest BCUT2D eigenvalue weighted by atomic mass is 15.3. The summed E-state index contributed by atoms with van der Waals surface area (Å²) < 4.78 is 1.92. The SMILES string of the molecule is CNc1cc(CC(C)C)nc(-c2cnn(C(C)C)c2)n1. The summed E-state index contributed by atoms with van der Waals surface area (Å²) in [6.07, 6.45) is 4.77. The first-order valence-corrected chi connectivity index (χ1v) is 7.09. The van der Waals surface area contributed by atoms with Crippen molar-refractivity contribution in [3.8, 4) is 11.4 Å². The summed E-state index contributed by atoms with van der Waals surface area (Å²) in [7, 11) is 1.88. The summed E-state index contributed by atoms with van der Waals surface area (Å²) in [6, 6.07) is 2.35. The predicted octanol–water partition coefficient (Wildman–Crippen LogP) is 3.16. The van der Waals surface area contributed by atoms with E-state index in [0.29, 0.717) is 12.0 Å². The van der Waals surface area contributed by atoms with Crippen LogP contribution in [0.5, 0.6) is 0 Å². The molecule has 0 amide bonds. The molecule has 1 N–H and O–H groups in total.